The van der Waals surface area contributed by atoms with E-state index < -0.39 is 0 Å². The van der Waals surface area contributed by atoms with Crippen LogP contribution in [-0.4, -0.2) is 25.2 Å². The van der Waals surface area contributed by atoms with Gasteiger partial charge in [-0.25, -0.2) is 4.39 Å². The van der Waals surface area contributed by atoms with Crippen molar-refractivity contribution in [3.8, 4) is 0 Å². The second kappa shape index (κ2) is 6.10. The van der Waals surface area contributed by atoms with E-state index in [4.69, 9.17) is 0 Å². The smallest absolute Gasteiger partial charge is 0.125 e. The van der Waals surface area contributed by atoms with Crippen LogP contribution < -0.4 is 15.5 Å². The summed E-state index contributed by atoms with van der Waals surface area (Å²) in [6.45, 7) is 5.20. The fourth-order valence-corrected chi connectivity index (χ4v) is 4.04. The largest absolute Gasteiger partial charge is 0.376 e. The van der Waals surface area contributed by atoms with E-state index in [1.165, 1.54) is 5.56 Å². The molecule has 4 heteroatoms. The molecule has 1 fully saturated rings. The Morgan fingerprint density at radius 3 is 2.58 bits per heavy atom. The molecule has 0 aliphatic carbocycles. The average molecular weight is 325 g/mol. The maximum atomic E-state index is 13.8. The summed E-state index contributed by atoms with van der Waals surface area (Å²) in [5, 5.41) is 7.10. The fraction of sp³-hybridized carbons (Fsp3) is 0.400. The summed E-state index contributed by atoms with van der Waals surface area (Å²) in [6, 6.07) is 15.9. The average Bonchev–Trinajstić information content (AvgIpc) is 2.61. The van der Waals surface area contributed by atoms with Gasteiger partial charge in [0, 0.05) is 6.54 Å². The van der Waals surface area contributed by atoms with Gasteiger partial charge >= 0.3 is 0 Å². The lowest BCUT2D eigenvalue weighted by molar-refractivity contribution is 0.326. The van der Waals surface area contributed by atoms with Gasteiger partial charge in [-0.05, 0) is 56.6 Å². The summed E-state index contributed by atoms with van der Waals surface area (Å²) < 4.78 is 13.8. The van der Waals surface area contributed by atoms with E-state index in [1.54, 1.807) is 12.1 Å². The first-order chi connectivity index (χ1) is 11.7. The molecule has 24 heavy (non-hydrogen) atoms. The Kier molecular flexibility index (Phi) is 3.93. The van der Waals surface area contributed by atoms with Crippen LogP contribution in [0.4, 0.5) is 15.8 Å². The van der Waals surface area contributed by atoms with Crippen molar-refractivity contribution in [3.63, 3.8) is 0 Å². The van der Waals surface area contributed by atoms with Gasteiger partial charge in [0.25, 0.3) is 0 Å². The molecule has 0 bridgehead atoms. The van der Waals surface area contributed by atoms with Crippen molar-refractivity contribution < 1.29 is 4.39 Å². The zero-order chi connectivity index (χ0) is 16.6. The number of piperidine rings is 1. The minimum absolute atomic E-state index is 0.0229. The minimum atomic E-state index is -0.181. The Morgan fingerprint density at radius 1 is 1.08 bits per heavy atom. The molecular formula is C20H24FN3. The molecule has 3 nitrogen and oxygen atoms in total. The van der Waals surface area contributed by atoms with E-state index in [-0.39, 0.29) is 17.4 Å². The lowest BCUT2D eigenvalue weighted by Crippen LogP contribution is -2.57. The number of nitrogens with zero attached hydrogens (tertiary/aromatic N) is 1. The number of rotatable bonds is 2. The van der Waals surface area contributed by atoms with E-state index in [0.29, 0.717) is 0 Å². The van der Waals surface area contributed by atoms with Crippen LogP contribution in [0.25, 0.3) is 0 Å². The third-order valence-corrected chi connectivity index (χ3v) is 5.45. The zero-order valence-electron chi connectivity index (χ0n) is 14.1. The first-order valence-electron chi connectivity index (χ1n) is 8.77. The molecule has 1 unspecified atom stereocenters. The highest BCUT2D eigenvalue weighted by Gasteiger charge is 2.40. The Morgan fingerprint density at radius 2 is 1.83 bits per heavy atom. The topological polar surface area (TPSA) is 27.3 Å². The standard InChI is InChI=1S/C20H24FN3/c1-15(16-5-3-2-4-6-16)24-14-20(9-11-22-12-10-20)23-18-13-17(21)7-8-19(18)24/h2-8,13,15,22-23H,9-12,14H2,1H3. The molecule has 0 amide bonds. The predicted octanol–water partition coefficient (Wildman–Crippen LogP) is 3.94. The number of halogens is 1. The van der Waals surface area contributed by atoms with Crippen LogP contribution >= 0.6 is 0 Å². The lowest BCUT2D eigenvalue weighted by Gasteiger charge is -2.50. The van der Waals surface area contributed by atoms with Gasteiger partial charge in [0.2, 0.25) is 0 Å². The van der Waals surface area contributed by atoms with E-state index in [2.05, 4.69) is 46.7 Å². The molecule has 126 valence electrons. The Bertz CT molecular complexity index is 710. The normalized spacial score (nSPS) is 20.3. The van der Waals surface area contributed by atoms with Gasteiger partial charge in [-0.15, -0.1) is 0 Å². The van der Waals surface area contributed by atoms with Gasteiger partial charge in [-0.1, -0.05) is 30.3 Å². The highest BCUT2D eigenvalue weighted by molar-refractivity contribution is 5.74. The van der Waals surface area contributed by atoms with Crippen molar-refractivity contribution in [2.45, 2.75) is 31.3 Å². The van der Waals surface area contributed by atoms with E-state index in [9.17, 15) is 4.39 Å². The van der Waals surface area contributed by atoms with Crippen molar-refractivity contribution in [3.05, 3.63) is 59.9 Å². The summed E-state index contributed by atoms with van der Waals surface area (Å²) in [7, 11) is 0. The molecule has 0 saturated carbocycles. The van der Waals surface area contributed by atoms with Gasteiger partial charge in [0.1, 0.15) is 5.82 Å². The van der Waals surface area contributed by atoms with Crippen LogP contribution in [0.5, 0.6) is 0 Å². The van der Waals surface area contributed by atoms with E-state index in [0.717, 1.165) is 43.9 Å². The highest BCUT2D eigenvalue weighted by atomic mass is 19.1. The third kappa shape index (κ3) is 2.75. The van der Waals surface area contributed by atoms with E-state index in [1.807, 2.05) is 12.1 Å². The van der Waals surface area contributed by atoms with Crippen LogP contribution in [0.15, 0.2) is 48.5 Å². The lowest BCUT2D eigenvalue weighted by atomic mass is 9.84. The zero-order valence-corrected chi connectivity index (χ0v) is 14.1. The molecule has 0 aromatic heterocycles. The van der Waals surface area contributed by atoms with E-state index >= 15 is 0 Å². The van der Waals surface area contributed by atoms with Crippen molar-refractivity contribution in [2.24, 2.45) is 0 Å². The van der Waals surface area contributed by atoms with Crippen LogP contribution in [0.2, 0.25) is 0 Å². The van der Waals surface area contributed by atoms with Crippen LogP contribution in [0.1, 0.15) is 31.4 Å². The quantitative estimate of drug-likeness (QED) is 0.876. The molecule has 0 radical (unpaired) electrons. The Balaban J connectivity index is 1.74. The van der Waals surface area contributed by atoms with Crippen molar-refractivity contribution in [2.75, 3.05) is 29.9 Å². The molecule has 1 spiro atoms. The van der Waals surface area contributed by atoms with Crippen LogP contribution in [0.3, 0.4) is 0 Å². The highest BCUT2D eigenvalue weighted by Crippen LogP contribution is 2.42. The summed E-state index contributed by atoms with van der Waals surface area (Å²) in [5.41, 5.74) is 3.33. The third-order valence-electron chi connectivity index (χ3n) is 5.45. The molecule has 2 aliphatic rings. The molecule has 1 atom stereocenters. The SMILES string of the molecule is CC(c1ccccc1)N1CC2(CCNCC2)Nc2cc(F)ccc21. The van der Waals surface area contributed by atoms with Gasteiger partial charge < -0.3 is 15.5 Å². The van der Waals surface area contributed by atoms with Gasteiger partial charge in [-0.3, -0.25) is 0 Å². The minimum Gasteiger partial charge on any atom is -0.376 e. The molecule has 2 aromatic carbocycles. The van der Waals surface area contributed by atoms with Gasteiger partial charge in [0.15, 0.2) is 0 Å². The van der Waals surface area contributed by atoms with Gasteiger partial charge in [0.05, 0.1) is 23.0 Å². The van der Waals surface area contributed by atoms with Crippen molar-refractivity contribution in [1.82, 2.24) is 5.32 Å². The first kappa shape index (κ1) is 15.5. The first-order valence-corrected chi connectivity index (χ1v) is 8.77. The monoisotopic (exact) mass is 325 g/mol. The number of nitrogens with one attached hydrogen (secondary N) is 2. The number of hydrogen-bond acceptors (Lipinski definition) is 3. The second-order valence-electron chi connectivity index (χ2n) is 7.03. The van der Waals surface area contributed by atoms with Crippen molar-refractivity contribution >= 4 is 11.4 Å². The molecule has 2 heterocycles. The maximum absolute atomic E-state index is 13.8. The van der Waals surface area contributed by atoms with Crippen molar-refractivity contribution in [1.29, 1.82) is 0 Å². The molecule has 4 rings (SSSR count). The fourth-order valence-electron chi connectivity index (χ4n) is 4.04. The molecule has 2 N–H and O–H groups in total. The number of hydrogen-bond donors (Lipinski definition) is 2. The predicted molar refractivity (Wildman–Crippen MR) is 97.1 cm³/mol. The second-order valence-corrected chi connectivity index (χ2v) is 7.03. The number of anilines is 2. The molecule has 2 aromatic rings. The van der Waals surface area contributed by atoms with Crippen LogP contribution in [-0.2, 0) is 0 Å². The maximum Gasteiger partial charge on any atom is 0.125 e. The summed E-state index contributed by atoms with van der Waals surface area (Å²) in [5.74, 6) is -0.181. The van der Waals surface area contributed by atoms with Gasteiger partial charge in [-0.2, -0.15) is 0 Å². The number of benzene rings is 2. The summed E-state index contributed by atoms with van der Waals surface area (Å²) in [6.07, 6.45) is 2.11. The van der Waals surface area contributed by atoms with Crippen LogP contribution in [0, 0.1) is 5.82 Å². The molecule has 1 saturated heterocycles. The Labute approximate surface area is 142 Å². The molecule has 2 aliphatic heterocycles. The summed E-state index contributed by atoms with van der Waals surface area (Å²) >= 11 is 0. The molecular weight excluding hydrogens is 301 g/mol. The Hall–Kier alpha value is -2.07. The summed E-state index contributed by atoms with van der Waals surface area (Å²) in [4.78, 5) is 2.44. The number of fused-ring (bicyclic) bond motifs is 1.